The van der Waals surface area contributed by atoms with Crippen LogP contribution in [0, 0.1) is 11.8 Å². The van der Waals surface area contributed by atoms with Crippen LogP contribution in [0.5, 0.6) is 0 Å². The summed E-state index contributed by atoms with van der Waals surface area (Å²) in [4.78, 5) is 30.7. The summed E-state index contributed by atoms with van der Waals surface area (Å²) >= 11 is 6.30. The maximum atomic E-state index is 12.7. The summed E-state index contributed by atoms with van der Waals surface area (Å²) in [6, 6.07) is 1.89. The maximum Gasteiger partial charge on any atom is 0.417 e. The Hall–Kier alpha value is -2.62. The van der Waals surface area contributed by atoms with Gasteiger partial charge in [0.2, 0.25) is 5.91 Å². The second-order valence-corrected chi connectivity index (χ2v) is 8.32. The molecule has 2 aromatic heterocycles. The van der Waals surface area contributed by atoms with Crippen molar-refractivity contribution in [3.63, 3.8) is 0 Å². The van der Waals surface area contributed by atoms with Crippen molar-refractivity contribution in [2.45, 2.75) is 31.9 Å². The Morgan fingerprint density at radius 2 is 2.00 bits per heavy atom. The number of hydrogen-bond acceptors (Lipinski definition) is 5. The molecule has 1 saturated heterocycles. The maximum absolute atomic E-state index is 12.7. The molecule has 1 N–H and O–H groups in total. The van der Waals surface area contributed by atoms with E-state index in [0.29, 0.717) is 37.4 Å². The van der Waals surface area contributed by atoms with Crippen LogP contribution < -0.4 is 15.8 Å². The lowest BCUT2D eigenvalue weighted by Crippen LogP contribution is -2.44. The van der Waals surface area contributed by atoms with Crippen molar-refractivity contribution < 1.29 is 18.0 Å². The number of aromatic nitrogens is 3. The predicted molar refractivity (Wildman–Crippen MR) is 108 cm³/mol. The van der Waals surface area contributed by atoms with Crippen LogP contribution in [0.25, 0.3) is 5.82 Å². The van der Waals surface area contributed by atoms with E-state index in [1.54, 1.807) is 0 Å². The summed E-state index contributed by atoms with van der Waals surface area (Å²) in [6.45, 7) is 1.74. The minimum atomic E-state index is -4.53. The van der Waals surface area contributed by atoms with E-state index in [0.717, 1.165) is 42.5 Å². The number of anilines is 1. The number of pyridine rings is 1. The second kappa shape index (κ2) is 8.49. The number of alkyl halides is 3. The van der Waals surface area contributed by atoms with Gasteiger partial charge < -0.3 is 10.2 Å². The third-order valence-electron chi connectivity index (χ3n) is 5.59. The number of nitrogens with one attached hydrogen (secondary N) is 1. The molecule has 1 aliphatic heterocycles. The zero-order valence-corrected chi connectivity index (χ0v) is 17.3. The number of hydrogen-bond donors (Lipinski definition) is 1. The van der Waals surface area contributed by atoms with Gasteiger partial charge in [0.25, 0.3) is 5.56 Å². The standard InChI is InChI=1S/C20H21ClF3N5O2/c21-17-15(28-7-1-2-13(11-28)18(30)26-8-12-3-4-12)10-27-29(19(17)31)16-6-5-14(9-25-16)20(22,23)24/h5-6,9-10,12-13H,1-4,7-8,11H2,(H,26,30). The van der Waals surface area contributed by atoms with Crippen molar-refractivity contribution in [2.75, 3.05) is 24.5 Å². The van der Waals surface area contributed by atoms with Gasteiger partial charge in [0, 0.05) is 25.8 Å². The average Bonchev–Trinajstić information content (AvgIpc) is 3.58. The normalized spacial score (nSPS) is 19.4. The summed E-state index contributed by atoms with van der Waals surface area (Å²) in [7, 11) is 0. The third kappa shape index (κ3) is 4.84. The highest BCUT2D eigenvalue weighted by atomic mass is 35.5. The van der Waals surface area contributed by atoms with Crippen LogP contribution in [0.15, 0.2) is 29.3 Å². The first kappa shape index (κ1) is 21.6. The van der Waals surface area contributed by atoms with Crippen LogP contribution in [0.2, 0.25) is 5.02 Å². The van der Waals surface area contributed by atoms with Gasteiger partial charge in [-0.3, -0.25) is 9.59 Å². The summed E-state index contributed by atoms with van der Waals surface area (Å²) in [5.41, 5.74) is -1.22. The fraction of sp³-hybridized carbons (Fsp3) is 0.500. The van der Waals surface area contributed by atoms with E-state index in [-0.39, 0.29) is 22.7 Å². The number of rotatable bonds is 5. The van der Waals surface area contributed by atoms with Crippen molar-refractivity contribution >= 4 is 23.2 Å². The molecule has 11 heteroatoms. The number of carbonyl (C=O) groups is 1. The quantitative estimate of drug-likeness (QED) is 0.749. The van der Waals surface area contributed by atoms with E-state index in [2.05, 4.69) is 15.4 Å². The highest BCUT2D eigenvalue weighted by Crippen LogP contribution is 2.30. The smallest absolute Gasteiger partial charge is 0.368 e. The Labute approximate surface area is 181 Å². The highest BCUT2D eigenvalue weighted by molar-refractivity contribution is 6.33. The molecule has 1 atom stereocenters. The van der Waals surface area contributed by atoms with Crippen LogP contribution in [0.1, 0.15) is 31.2 Å². The first-order valence-electron chi connectivity index (χ1n) is 10.1. The van der Waals surface area contributed by atoms with Gasteiger partial charge in [-0.05, 0) is 43.7 Å². The van der Waals surface area contributed by atoms with E-state index in [9.17, 15) is 22.8 Å². The van der Waals surface area contributed by atoms with Gasteiger partial charge in [0.05, 0.1) is 23.4 Å². The van der Waals surface area contributed by atoms with Crippen LogP contribution in [0.4, 0.5) is 18.9 Å². The van der Waals surface area contributed by atoms with Crippen LogP contribution in [0.3, 0.4) is 0 Å². The summed E-state index contributed by atoms with van der Waals surface area (Å²) in [5.74, 6) is 0.321. The topological polar surface area (TPSA) is 80.1 Å². The lowest BCUT2D eigenvalue weighted by atomic mass is 9.96. The van der Waals surface area contributed by atoms with Crippen molar-refractivity contribution in [3.05, 3.63) is 45.5 Å². The van der Waals surface area contributed by atoms with Gasteiger partial charge in [-0.15, -0.1) is 0 Å². The van der Waals surface area contributed by atoms with Crippen molar-refractivity contribution in [1.82, 2.24) is 20.1 Å². The molecule has 31 heavy (non-hydrogen) atoms. The molecule has 0 bridgehead atoms. The van der Waals surface area contributed by atoms with Crippen molar-refractivity contribution in [3.8, 4) is 5.82 Å². The molecular weight excluding hydrogens is 435 g/mol. The monoisotopic (exact) mass is 455 g/mol. The molecule has 0 spiro atoms. The highest BCUT2D eigenvalue weighted by Gasteiger charge is 2.31. The first-order chi connectivity index (χ1) is 14.7. The molecule has 166 valence electrons. The van der Waals surface area contributed by atoms with E-state index < -0.39 is 17.3 Å². The number of amides is 1. The molecule has 1 saturated carbocycles. The van der Waals surface area contributed by atoms with Crippen LogP contribution in [-0.2, 0) is 11.0 Å². The Morgan fingerprint density at radius 3 is 2.65 bits per heavy atom. The van der Waals surface area contributed by atoms with Crippen molar-refractivity contribution in [2.24, 2.45) is 11.8 Å². The van der Waals surface area contributed by atoms with Crippen LogP contribution >= 0.6 is 11.6 Å². The molecular formula is C20H21ClF3N5O2. The van der Waals surface area contributed by atoms with E-state index in [1.807, 2.05) is 4.90 Å². The molecule has 2 aromatic rings. The molecule has 2 fully saturated rings. The van der Waals surface area contributed by atoms with Gasteiger partial charge in [-0.25, -0.2) is 4.98 Å². The second-order valence-electron chi connectivity index (χ2n) is 7.94. The summed E-state index contributed by atoms with van der Waals surface area (Å²) in [6.07, 6.45) is 1.33. The van der Waals surface area contributed by atoms with Gasteiger partial charge in [-0.2, -0.15) is 23.0 Å². The number of carbonyl (C=O) groups excluding carboxylic acids is 1. The average molecular weight is 456 g/mol. The lowest BCUT2D eigenvalue weighted by Gasteiger charge is -2.33. The largest absolute Gasteiger partial charge is 0.417 e. The fourth-order valence-electron chi connectivity index (χ4n) is 3.61. The Kier molecular flexibility index (Phi) is 5.92. The molecule has 1 aliphatic carbocycles. The number of piperidine rings is 1. The SMILES string of the molecule is O=C(NCC1CC1)C1CCCN(c2cnn(-c3ccc(C(F)(F)F)cn3)c(=O)c2Cl)C1. The minimum Gasteiger partial charge on any atom is -0.368 e. The van der Waals surface area contributed by atoms with Gasteiger partial charge in [-0.1, -0.05) is 11.6 Å². The number of nitrogens with zero attached hydrogens (tertiary/aromatic N) is 4. The minimum absolute atomic E-state index is 0.00276. The molecule has 2 aliphatic rings. The molecule has 1 amide bonds. The summed E-state index contributed by atoms with van der Waals surface area (Å²) < 4.78 is 39.0. The molecule has 3 heterocycles. The molecule has 0 radical (unpaired) electrons. The van der Waals surface area contributed by atoms with Crippen LogP contribution in [-0.4, -0.2) is 40.3 Å². The number of halogens is 4. The Bertz CT molecular complexity index is 1020. The van der Waals surface area contributed by atoms with Gasteiger partial charge in [0.15, 0.2) is 5.82 Å². The molecule has 0 aromatic carbocycles. The molecule has 4 rings (SSSR count). The van der Waals surface area contributed by atoms with E-state index in [1.165, 1.54) is 6.20 Å². The summed E-state index contributed by atoms with van der Waals surface area (Å²) in [5, 5.41) is 6.92. The predicted octanol–water partition coefficient (Wildman–Crippen LogP) is 3.04. The fourth-order valence-corrected chi connectivity index (χ4v) is 3.86. The Balaban J connectivity index is 1.51. The van der Waals surface area contributed by atoms with Gasteiger partial charge in [0.1, 0.15) is 5.02 Å². The Morgan fingerprint density at radius 1 is 1.23 bits per heavy atom. The van der Waals surface area contributed by atoms with Gasteiger partial charge >= 0.3 is 6.18 Å². The first-order valence-corrected chi connectivity index (χ1v) is 10.5. The molecule has 1 unspecified atom stereocenters. The molecule has 7 nitrogen and oxygen atoms in total. The zero-order valence-electron chi connectivity index (χ0n) is 16.5. The van der Waals surface area contributed by atoms with E-state index in [4.69, 9.17) is 11.6 Å². The lowest BCUT2D eigenvalue weighted by molar-refractivity contribution is -0.137. The third-order valence-corrected chi connectivity index (χ3v) is 5.94. The van der Waals surface area contributed by atoms with E-state index >= 15 is 0 Å². The zero-order chi connectivity index (χ0) is 22.2. The van der Waals surface area contributed by atoms with Crippen molar-refractivity contribution in [1.29, 1.82) is 0 Å².